The third-order valence-electron chi connectivity index (χ3n) is 2.68. The molecule has 1 aromatic heterocycles. The van der Waals surface area contributed by atoms with Crippen LogP contribution < -0.4 is 5.73 Å². The molecule has 4 heteroatoms. The van der Waals surface area contributed by atoms with Crippen LogP contribution in [0.2, 0.25) is 0 Å². The average Bonchev–Trinajstić information content (AvgIpc) is 2.54. The maximum Gasteiger partial charge on any atom is 0.343 e. The number of nitrogens with two attached hydrogens (primary N) is 1. The zero-order valence-electron chi connectivity index (χ0n) is 8.84. The summed E-state index contributed by atoms with van der Waals surface area (Å²) >= 11 is 0. The zero-order valence-corrected chi connectivity index (χ0v) is 8.84. The molecule has 0 unspecified atom stereocenters. The number of carbonyl (C=O) groups is 1. The Bertz CT molecular complexity index is 381. The Morgan fingerprint density at radius 2 is 2.20 bits per heavy atom. The van der Waals surface area contributed by atoms with Crippen molar-refractivity contribution in [3.8, 4) is 0 Å². The van der Waals surface area contributed by atoms with Crippen LogP contribution in [0.25, 0.3) is 0 Å². The largest absolute Gasteiger partial charge is 0.462 e. The van der Waals surface area contributed by atoms with Crippen LogP contribution in [-0.2, 0) is 17.6 Å². The van der Waals surface area contributed by atoms with Crippen molar-refractivity contribution >= 4 is 11.9 Å². The maximum absolute atomic E-state index is 11.6. The number of furan rings is 1. The monoisotopic (exact) mass is 209 g/mol. The molecule has 2 rings (SSSR count). The summed E-state index contributed by atoms with van der Waals surface area (Å²) in [4.78, 5) is 11.6. The molecule has 15 heavy (non-hydrogen) atoms. The second-order valence-electron chi connectivity index (χ2n) is 3.67. The van der Waals surface area contributed by atoms with Gasteiger partial charge in [-0.2, -0.15) is 0 Å². The molecule has 0 saturated carbocycles. The van der Waals surface area contributed by atoms with E-state index in [0.717, 1.165) is 37.0 Å². The van der Waals surface area contributed by atoms with Crippen molar-refractivity contribution in [3.63, 3.8) is 0 Å². The van der Waals surface area contributed by atoms with Crippen molar-refractivity contribution in [3.05, 3.63) is 16.9 Å². The predicted molar refractivity (Wildman–Crippen MR) is 55.7 cm³/mol. The van der Waals surface area contributed by atoms with E-state index < -0.39 is 0 Å². The van der Waals surface area contributed by atoms with Crippen LogP contribution in [0.1, 0.15) is 41.4 Å². The van der Waals surface area contributed by atoms with Gasteiger partial charge < -0.3 is 14.9 Å². The fourth-order valence-corrected chi connectivity index (χ4v) is 2.01. The van der Waals surface area contributed by atoms with Gasteiger partial charge in [0.25, 0.3) is 0 Å². The lowest BCUT2D eigenvalue weighted by Gasteiger charge is -2.09. The summed E-state index contributed by atoms with van der Waals surface area (Å²) in [6.07, 6.45) is 3.92. The minimum Gasteiger partial charge on any atom is -0.462 e. The van der Waals surface area contributed by atoms with Crippen LogP contribution in [0.3, 0.4) is 0 Å². The van der Waals surface area contributed by atoms with Crippen molar-refractivity contribution in [2.75, 3.05) is 12.3 Å². The van der Waals surface area contributed by atoms with Crippen molar-refractivity contribution in [2.45, 2.75) is 32.6 Å². The number of ether oxygens (including phenoxy) is 1. The predicted octanol–water partition coefficient (Wildman–Crippen LogP) is 1.92. The lowest BCUT2D eigenvalue weighted by Crippen LogP contribution is -2.10. The van der Waals surface area contributed by atoms with Crippen LogP contribution in [-0.4, -0.2) is 12.6 Å². The number of hydrogen-bond acceptors (Lipinski definition) is 4. The topological polar surface area (TPSA) is 65.5 Å². The summed E-state index contributed by atoms with van der Waals surface area (Å²) < 4.78 is 10.3. The second kappa shape index (κ2) is 3.96. The minimum absolute atomic E-state index is 0.209. The van der Waals surface area contributed by atoms with Gasteiger partial charge in [0.15, 0.2) is 0 Å². The summed E-state index contributed by atoms with van der Waals surface area (Å²) in [5.74, 6) is 0.712. The Labute approximate surface area is 88.4 Å². The zero-order chi connectivity index (χ0) is 10.8. The number of rotatable bonds is 2. The first-order valence-electron chi connectivity index (χ1n) is 5.31. The molecule has 0 fully saturated rings. The SMILES string of the molecule is CCOC(=O)c1c(N)oc2c1CCCC2. The molecule has 0 atom stereocenters. The summed E-state index contributed by atoms with van der Waals surface area (Å²) in [6, 6.07) is 0. The van der Waals surface area contributed by atoms with Crippen LogP contribution in [0.4, 0.5) is 5.88 Å². The normalized spacial score (nSPS) is 14.7. The van der Waals surface area contributed by atoms with Crippen LogP contribution in [0, 0.1) is 0 Å². The Morgan fingerprint density at radius 3 is 2.93 bits per heavy atom. The highest BCUT2D eigenvalue weighted by Crippen LogP contribution is 2.31. The van der Waals surface area contributed by atoms with E-state index in [1.165, 1.54) is 0 Å². The first-order valence-corrected chi connectivity index (χ1v) is 5.31. The molecule has 1 aromatic rings. The smallest absolute Gasteiger partial charge is 0.343 e. The summed E-state index contributed by atoms with van der Waals surface area (Å²) in [5.41, 5.74) is 7.09. The van der Waals surface area contributed by atoms with Gasteiger partial charge in [-0.25, -0.2) is 4.79 Å². The third-order valence-corrected chi connectivity index (χ3v) is 2.68. The minimum atomic E-state index is -0.359. The first kappa shape index (κ1) is 10.1. The van der Waals surface area contributed by atoms with Gasteiger partial charge in [0.2, 0.25) is 5.88 Å². The van der Waals surface area contributed by atoms with Crippen LogP contribution >= 0.6 is 0 Å². The molecular formula is C11H15NO3. The molecule has 2 N–H and O–H groups in total. The number of nitrogen functional groups attached to an aromatic ring is 1. The van der Waals surface area contributed by atoms with Crippen molar-refractivity contribution < 1.29 is 13.9 Å². The molecular weight excluding hydrogens is 194 g/mol. The molecule has 0 bridgehead atoms. The lowest BCUT2D eigenvalue weighted by molar-refractivity contribution is 0.0526. The summed E-state index contributed by atoms with van der Waals surface area (Å²) in [5, 5.41) is 0. The van der Waals surface area contributed by atoms with Crippen LogP contribution in [0.5, 0.6) is 0 Å². The number of esters is 1. The van der Waals surface area contributed by atoms with E-state index in [-0.39, 0.29) is 11.9 Å². The van der Waals surface area contributed by atoms with Crippen LogP contribution in [0.15, 0.2) is 4.42 Å². The highest BCUT2D eigenvalue weighted by molar-refractivity contribution is 5.96. The molecule has 0 aliphatic heterocycles. The van der Waals surface area contributed by atoms with E-state index in [1.54, 1.807) is 6.92 Å². The molecule has 0 saturated heterocycles. The first-order chi connectivity index (χ1) is 7.24. The van der Waals surface area contributed by atoms with E-state index >= 15 is 0 Å². The van der Waals surface area contributed by atoms with E-state index in [4.69, 9.17) is 14.9 Å². The summed E-state index contributed by atoms with van der Waals surface area (Å²) in [7, 11) is 0. The second-order valence-corrected chi connectivity index (χ2v) is 3.67. The van der Waals surface area contributed by atoms with Crippen molar-refractivity contribution in [1.82, 2.24) is 0 Å². The number of carbonyl (C=O) groups excluding carboxylic acids is 1. The highest BCUT2D eigenvalue weighted by Gasteiger charge is 2.26. The van der Waals surface area contributed by atoms with Gasteiger partial charge in [-0.15, -0.1) is 0 Å². The molecule has 0 radical (unpaired) electrons. The molecule has 1 aliphatic carbocycles. The van der Waals surface area contributed by atoms with Gasteiger partial charge in [0, 0.05) is 12.0 Å². The molecule has 1 aliphatic rings. The standard InChI is InChI=1S/C11H15NO3/c1-2-14-11(13)9-7-5-3-4-6-8(7)15-10(9)12/h2-6,12H2,1H3. The van der Waals surface area contributed by atoms with E-state index in [2.05, 4.69) is 0 Å². The maximum atomic E-state index is 11.6. The van der Waals surface area contributed by atoms with E-state index in [0.29, 0.717) is 12.2 Å². The molecule has 1 heterocycles. The fraction of sp³-hybridized carbons (Fsp3) is 0.545. The molecule has 0 amide bonds. The van der Waals surface area contributed by atoms with Gasteiger partial charge in [-0.1, -0.05) is 0 Å². The van der Waals surface area contributed by atoms with Gasteiger partial charge in [-0.3, -0.25) is 0 Å². The number of aryl methyl sites for hydroxylation is 1. The number of fused-ring (bicyclic) bond motifs is 1. The number of anilines is 1. The lowest BCUT2D eigenvalue weighted by atomic mass is 9.95. The molecule has 4 nitrogen and oxygen atoms in total. The highest BCUT2D eigenvalue weighted by atomic mass is 16.5. The van der Waals surface area contributed by atoms with E-state index in [9.17, 15) is 4.79 Å². The van der Waals surface area contributed by atoms with Gasteiger partial charge in [0.1, 0.15) is 11.3 Å². The fourth-order valence-electron chi connectivity index (χ4n) is 2.01. The molecule has 0 spiro atoms. The van der Waals surface area contributed by atoms with Gasteiger partial charge in [0.05, 0.1) is 6.61 Å². The molecule has 0 aromatic carbocycles. The number of hydrogen-bond donors (Lipinski definition) is 1. The average molecular weight is 209 g/mol. The van der Waals surface area contributed by atoms with E-state index in [1.807, 2.05) is 0 Å². The Balaban J connectivity index is 2.37. The Morgan fingerprint density at radius 1 is 1.47 bits per heavy atom. The van der Waals surface area contributed by atoms with Gasteiger partial charge >= 0.3 is 5.97 Å². The summed E-state index contributed by atoms with van der Waals surface area (Å²) in [6.45, 7) is 2.14. The van der Waals surface area contributed by atoms with Crippen molar-refractivity contribution in [1.29, 1.82) is 0 Å². The third kappa shape index (κ3) is 1.71. The Hall–Kier alpha value is -1.45. The van der Waals surface area contributed by atoms with Crippen molar-refractivity contribution in [2.24, 2.45) is 0 Å². The van der Waals surface area contributed by atoms with Gasteiger partial charge in [-0.05, 0) is 26.2 Å². The quantitative estimate of drug-likeness (QED) is 0.756. The molecule has 82 valence electrons. The Kier molecular flexibility index (Phi) is 2.66.